The van der Waals surface area contributed by atoms with Crippen molar-refractivity contribution in [1.29, 1.82) is 0 Å². The minimum absolute atomic E-state index is 0.340. The fourth-order valence-electron chi connectivity index (χ4n) is 4.05. The van der Waals surface area contributed by atoms with E-state index in [1.807, 2.05) is 24.3 Å². The van der Waals surface area contributed by atoms with Crippen LogP contribution in [0.1, 0.15) is 64.2 Å². The summed E-state index contributed by atoms with van der Waals surface area (Å²) in [7, 11) is 1.53. The summed E-state index contributed by atoms with van der Waals surface area (Å²) in [4.78, 5) is 10.7. The van der Waals surface area contributed by atoms with Crippen LogP contribution in [0.15, 0.2) is 48.8 Å². The fourth-order valence-corrected chi connectivity index (χ4v) is 4.05. The van der Waals surface area contributed by atoms with E-state index in [0.717, 1.165) is 16.7 Å². The first-order valence-corrected chi connectivity index (χ1v) is 11.9. The van der Waals surface area contributed by atoms with Crippen molar-refractivity contribution in [3.8, 4) is 22.9 Å². The van der Waals surface area contributed by atoms with E-state index in [1.54, 1.807) is 12.3 Å². The number of pyridine rings is 2. The zero-order chi connectivity index (χ0) is 24.8. The lowest BCUT2D eigenvalue weighted by atomic mass is 9.96. The molecule has 0 amide bonds. The van der Waals surface area contributed by atoms with Gasteiger partial charge < -0.3 is 9.47 Å². The van der Waals surface area contributed by atoms with Crippen molar-refractivity contribution in [3.05, 3.63) is 71.3 Å². The summed E-state index contributed by atoms with van der Waals surface area (Å²) >= 11 is 0. The van der Waals surface area contributed by atoms with Crippen LogP contribution in [-0.2, 0) is 13.2 Å². The van der Waals surface area contributed by atoms with Crippen molar-refractivity contribution in [3.63, 3.8) is 0 Å². The summed E-state index contributed by atoms with van der Waals surface area (Å²) in [6, 6.07) is 12.4. The lowest BCUT2D eigenvalue weighted by Crippen LogP contribution is -2.36. The first-order chi connectivity index (χ1) is 16.2. The van der Waals surface area contributed by atoms with Gasteiger partial charge in [0.1, 0.15) is 12.4 Å². The molecule has 34 heavy (non-hydrogen) atoms. The van der Waals surface area contributed by atoms with Gasteiger partial charge in [-0.25, -0.2) is 14.4 Å². The normalized spacial score (nSPS) is 11.6. The van der Waals surface area contributed by atoms with Gasteiger partial charge in [0.15, 0.2) is 0 Å². The Kier molecular flexibility index (Phi) is 8.61. The van der Waals surface area contributed by atoms with E-state index >= 15 is 0 Å². The summed E-state index contributed by atoms with van der Waals surface area (Å²) in [5.41, 5.74) is 4.53. The highest BCUT2D eigenvalue weighted by Gasteiger charge is 2.19. The first-order valence-electron chi connectivity index (χ1n) is 11.9. The van der Waals surface area contributed by atoms with Gasteiger partial charge in [-0.3, -0.25) is 4.90 Å². The van der Waals surface area contributed by atoms with E-state index in [4.69, 9.17) is 9.47 Å². The van der Waals surface area contributed by atoms with Crippen LogP contribution in [0, 0.1) is 5.82 Å². The molecule has 0 aliphatic carbocycles. The van der Waals surface area contributed by atoms with Gasteiger partial charge in [0.05, 0.1) is 13.3 Å². The Labute approximate surface area is 203 Å². The number of ether oxygens (including phenoxy) is 2. The van der Waals surface area contributed by atoms with Crippen LogP contribution in [0.4, 0.5) is 4.39 Å². The first kappa shape index (κ1) is 25.6. The second kappa shape index (κ2) is 11.4. The average molecular weight is 466 g/mol. The Balaban J connectivity index is 1.96. The molecule has 0 saturated carbocycles. The lowest BCUT2D eigenvalue weighted by molar-refractivity contribution is 0.166. The van der Waals surface area contributed by atoms with Crippen LogP contribution >= 0.6 is 0 Å². The zero-order valence-corrected chi connectivity index (χ0v) is 21.3. The quantitative estimate of drug-likeness (QED) is 0.337. The van der Waals surface area contributed by atoms with E-state index in [2.05, 4.69) is 62.5 Å². The summed E-state index contributed by atoms with van der Waals surface area (Å²) < 4.78 is 26.1. The summed E-state index contributed by atoms with van der Waals surface area (Å²) in [6.07, 6.45) is 2.99. The van der Waals surface area contributed by atoms with Gasteiger partial charge in [-0.1, -0.05) is 32.0 Å². The molecule has 0 spiro atoms. The highest BCUT2D eigenvalue weighted by Crippen LogP contribution is 2.31. The molecule has 0 N–H and O–H groups in total. The third-order valence-electron chi connectivity index (χ3n) is 5.99. The van der Waals surface area contributed by atoms with Crippen molar-refractivity contribution in [2.24, 2.45) is 0 Å². The minimum atomic E-state index is -0.374. The van der Waals surface area contributed by atoms with E-state index in [9.17, 15) is 4.39 Å². The van der Waals surface area contributed by atoms with Gasteiger partial charge in [-0.2, -0.15) is 0 Å². The van der Waals surface area contributed by atoms with Crippen LogP contribution in [-0.4, -0.2) is 34.1 Å². The third-order valence-corrected chi connectivity index (χ3v) is 5.99. The molecule has 0 bridgehead atoms. The number of hydrogen-bond acceptors (Lipinski definition) is 5. The Morgan fingerprint density at radius 1 is 0.882 bits per heavy atom. The molecule has 0 atom stereocenters. The van der Waals surface area contributed by atoms with E-state index in [-0.39, 0.29) is 5.82 Å². The molecule has 0 radical (unpaired) electrons. The summed E-state index contributed by atoms with van der Waals surface area (Å²) in [5, 5.41) is 0. The van der Waals surface area contributed by atoms with Gasteiger partial charge >= 0.3 is 0 Å². The predicted octanol–water partition coefficient (Wildman–Crippen LogP) is 6.61. The number of halogens is 1. The molecule has 3 rings (SSSR count). The predicted molar refractivity (Wildman–Crippen MR) is 135 cm³/mol. The molecule has 0 aliphatic rings. The van der Waals surface area contributed by atoms with Crippen molar-refractivity contribution in [1.82, 2.24) is 14.9 Å². The van der Waals surface area contributed by atoms with Gasteiger partial charge in [0.25, 0.3) is 0 Å². The van der Waals surface area contributed by atoms with Gasteiger partial charge in [0.2, 0.25) is 11.8 Å². The molecule has 5 nitrogen and oxygen atoms in total. The lowest BCUT2D eigenvalue weighted by Gasteiger charge is -2.31. The highest BCUT2D eigenvalue weighted by atomic mass is 19.1. The van der Waals surface area contributed by atoms with Crippen molar-refractivity contribution in [2.45, 2.75) is 72.7 Å². The average Bonchev–Trinajstić information content (AvgIpc) is 2.81. The van der Waals surface area contributed by atoms with Crippen LogP contribution in [0.2, 0.25) is 0 Å². The molecule has 0 unspecified atom stereocenters. The maximum absolute atomic E-state index is 14.8. The van der Waals surface area contributed by atoms with Crippen LogP contribution < -0.4 is 9.47 Å². The fraction of sp³-hybridized carbons (Fsp3) is 0.429. The SMILES string of the molecule is COc1cc(-c2ccc(COc3cc(C(C)C)ccn3)cc2CN(C(C)C)C(C)C)c(F)cn1. The maximum Gasteiger partial charge on any atom is 0.213 e. The van der Waals surface area contributed by atoms with Gasteiger partial charge in [-0.15, -0.1) is 0 Å². The zero-order valence-electron chi connectivity index (χ0n) is 21.3. The van der Waals surface area contributed by atoms with Gasteiger partial charge in [0, 0.05) is 42.5 Å². The van der Waals surface area contributed by atoms with Crippen molar-refractivity contribution < 1.29 is 13.9 Å². The van der Waals surface area contributed by atoms with E-state index < -0.39 is 0 Å². The van der Waals surface area contributed by atoms with Gasteiger partial charge in [-0.05, 0) is 61.9 Å². The Bertz CT molecular complexity index is 1090. The van der Waals surface area contributed by atoms with E-state index in [1.165, 1.54) is 18.9 Å². The molecule has 0 aliphatic heterocycles. The third kappa shape index (κ3) is 6.32. The molecule has 2 heterocycles. The molecule has 3 aromatic rings. The van der Waals surface area contributed by atoms with Crippen molar-refractivity contribution in [2.75, 3.05) is 7.11 Å². The number of rotatable bonds is 10. The number of methoxy groups -OCH3 is 1. The van der Waals surface area contributed by atoms with Crippen molar-refractivity contribution >= 4 is 0 Å². The number of hydrogen-bond donors (Lipinski definition) is 0. The second-order valence-corrected chi connectivity index (χ2v) is 9.43. The molecular weight excluding hydrogens is 429 g/mol. The Hall–Kier alpha value is -2.99. The summed E-state index contributed by atoms with van der Waals surface area (Å²) in [6.45, 7) is 14.1. The van der Waals surface area contributed by atoms with Crippen LogP contribution in [0.5, 0.6) is 11.8 Å². The number of benzene rings is 1. The molecule has 2 aromatic heterocycles. The number of aromatic nitrogens is 2. The molecular formula is C28H36FN3O2. The minimum Gasteiger partial charge on any atom is -0.481 e. The maximum atomic E-state index is 14.8. The van der Waals surface area contributed by atoms with Crippen LogP contribution in [0.3, 0.4) is 0 Å². The monoisotopic (exact) mass is 465 g/mol. The Morgan fingerprint density at radius 3 is 2.26 bits per heavy atom. The van der Waals surface area contributed by atoms with Crippen LogP contribution in [0.25, 0.3) is 11.1 Å². The molecule has 0 saturated heterocycles. The highest BCUT2D eigenvalue weighted by molar-refractivity contribution is 5.69. The molecule has 182 valence electrons. The summed E-state index contributed by atoms with van der Waals surface area (Å²) in [5.74, 6) is 1.02. The standard InChI is InChI=1S/C28H36FN3O2/c1-18(2)22-10-11-30-28(13-22)34-17-21-8-9-24(25-14-27(33-7)31-15-26(25)29)23(12-21)16-32(19(3)4)20(5)6/h8-15,18-20H,16-17H2,1-7H3. The second-order valence-electron chi connectivity index (χ2n) is 9.43. The van der Waals surface area contributed by atoms with E-state index in [0.29, 0.717) is 48.5 Å². The molecule has 6 heteroatoms. The molecule has 0 fully saturated rings. The Morgan fingerprint density at radius 2 is 1.62 bits per heavy atom. The number of nitrogens with zero attached hydrogens (tertiary/aromatic N) is 3. The topological polar surface area (TPSA) is 47.5 Å². The largest absolute Gasteiger partial charge is 0.481 e. The smallest absolute Gasteiger partial charge is 0.213 e. The molecule has 1 aromatic carbocycles.